The monoisotopic (exact) mass is 296 g/mol. The minimum absolute atomic E-state index is 0.0473. The molecule has 0 spiro atoms. The number of unbranched alkanes of at least 4 members (excludes halogenated alkanes) is 5. The molecule has 0 amide bonds. The average Bonchev–Trinajstić information content (AvgIpc) is 2.45. The topological polar surface area (TPSA) is 18.5 Å². The Morgan fingerprint density at radius 1 is 0.947 bits per heavy atom. The van der Waals surface area contributed by atoms with Crippen LogP contribution in [-0.2, 0) is 9.47 Å². The molecule has 0 aromatic carbocycles. The van der Waals surface area contributed by atoms with Gasteiger partial charge in [0.25, 0.3) is 5.25 Å². The largest absolute Gasteiger partial charge is 0.340 e. The zero-order valence-corrected chi connectivity index (χ0v) is 13.5. The lowest BCUT2D eigenvalue weighted by molar-refractivity contribution is -0.179. The second-order valence-corrected chi connectivity index (χ2v) is 5.60. The van der Waals surface area contributed by atoms with Crippen LogP contribution in [0.1, 0.15) is 64.7 Å². The number of rotatable bonds is 13. The molecule has 1 unspecified atom stereocenters. The first kappa shape index (κ1) is 19.1. The van der Waals surface area contributed by atoms with Crippen LogP contribution in [0, 0.1) is 5.92 Å². The van der Waals surface area contributed by atoms with Crippen molar-refractivity contribution in [1.29, 1.82) is 0 Å². The molecular formula is C15H30ClFO2. The molecule has 0 aliphatic rings. The van der Waals surface area contributed by atoms with Gasteiger partial charge in [0.05, 0.1) is 6.67 Å². The number of hydrogen-bond donors (Lipinski definition) is 0. The summed E-state index contributed by atoms with van der Waals surface area (Å²) >= 11 is 6.31. The fraction of sp³-hybridized carbons (Fsp3) is 1.00. The maximum Gasteiger partial charge on any atom is 0.250 e. The van der Waals surface area contributed by atoms with E-state index in [-0.39, 0.29) is 12.6 Å². The standard InChI is InChI=1S/C15H30ClFO2/c1-4-5-6-7-8-9-11-14(12-10-13-17)15(16,18-2)19-3/h14H,4-13H2,1-3H3. The van der Waals surface area contributed by atoms with E-state index in [1.807, 2.05) is 0 Å². The van der Waals surface area contributed by atoms with Gasteiger partial charge in [-0.3, -0.25) is 4.39 Å². The Morgan fingerprint density at radius 3 is 2.00 bits per heavy atom. The molecule has 0 rings (SSSR count). The third kappa shape index (κ3) is 8.11. The van der Waals surface area contributed by atoms with Crippen LogP contribution in [-0.4, -0.2) is 26.1 Å². The average molecular weight is 297 g/mol. The van der Waals surface area contributed by atoms with Crippen LogP contribution in [0.4, 0.5) is 4.39 Å². The molecule has 19 heavy (non-hydrogen) atoms. The van der Waals surface area contributed by atoms with Gasteiger partial charge < -0.3 is 9.47 Å². The number of methoxy groups -OCH3 is 2. The van der Waals surface area contributed by atoms with Gasteiger partial charge in [-0.15, -0.1) is 0 Å². The molecular weight excluding hydrogens is 267 g/mol. The minimum atomic E-state index is -1.10. The van der Waals surface area contributed by atoms with Crippen molar-refractivity contribution in [3.63, 3.8) is 0 Å². The van der Waals surface area contributed by atoms with Gasteiger partial charge in [0.15, 0.2) is 0 Å². The quantitative estimate of drug-likeness (QED) is 0.261. The van der Waals surface area contributed by atoms with Crippen LogP contribution in [0.5, 0.6) is 0 Å². The molecule has 0 aromatic rings. The molecule has 0 bridgehead atoms. The predicted octanol–water partition coefficient (Wildman–Crippen LogP) is 5.29. The van der Waals surface area contributed by atoms with E-state index >= 15 is 0 Å². The van der Waals surface area contributed by atoms with Crippen LogP contribution >= 0.6 is 11.6 Å². The van der Waals surface area contributed by atoms with E-state index in [2.05, 4.69) is 6.92 Å². The summed E-state index contributed by atoms with van der Waals surface area (Å²) < 4.78 is 22.9. The number of alkyl halides is 2. The van der Waals surface area contributed by atoms with Crippen molar-refractivity contribution in [2.45, 2.75) is 70.0 Å². The van der Waals surface area contributed by atoms with Crippen molar-refractivity contribution in [3.05, 3.63) is 0 Å². The molecule has 0 aliphatic heterocycles. The normalized spacial score (nSPS) is 13.7. The molecule has 0 heterocycles. The Morgan fingerprint density at radius 2 is 1.47 bits per heavy atom. The van der Waals surface area contributed by atoms with Gasteiger partial charge in [0.1, 0.15) is 0 Å². The first-order valence-electron chi connectivity index (χ1n) is 7.49. The summed E-state index contributed by atoms with van der Waals surface area (Å²) in [7, 11) is 3.08. The van der Waals surface area contributed by atoms with Crippen LogP contribution in [0.25, 0.3) is 0 Å². The minimum Gasteiger partial charge on any atom is -0.340 e. The summed E-state index contributed by atoms with van der Waals surface area (Å²) in [6, 6.07) is 0. The highest BCUT2D eigenvalue weighted by Crippen LogP contribution is 2.34. The lowest BCUT2D eigenvalue weighted by Gasteiger charge is -2.32. The van der Waals surface area contributed by atoms with Crippen molar-refractivity contribution < 1.29 is 13.9 Å². The molecule has 0 aromatic heterocycles. The smallest absolute Gasteiger partial charge is 0.250 e. The summed E-state index contributed by atoms with van der Waals surface area (Å²) in [5.74, 6) is 0.0473. The Kier molecular flexibility index (Phi) is 12.0. The SMILES string of the molecule is CCCCCCCCC(CCCF)C(Cl)(OC)OC. The van der Waals surface area contributed by atoms with Crippen LogP contribution in [0.15, 0.2) is 0 Å². The first-order chi connectivity index (χ1) is 9.14. The van der Waals surface area contributed by atoms with Gasteiger partial charge in [-0.25, -0.2) is 0 Å². The molecule has 0 fully saturated rings. The lowest BCUT2D eigenvalue weighted by Crippen LogP contribution is -2.36. The van der Waals surface area contributed by atoms with Crippen LogP contribution < -0.4 is 0 Å². The Balaban J connectivity index is 4.05. The van der Waals surface area contributed by atoms with E-state index < -0.39 is 5.25 Å². The fourth-order valence-corrected chi connectivity index (χ4v) is 2.62. The Labute approximate surface area is 123 Å². The Hall–Kier alpha value is 0.140. The van der Waals surface area contributed by atoms with Crippen LogP contribution in [0.3, 0.4) is 0 Å². The highest BCUT2D eigenvalue weighted by Gasteiger charge is 2.36. The second kappa shape index (κ2) is 11.9. The van der Waals surface area contributed by atoms with E-state index in [1.165, 1.54) is 32.1 Å². The van der Waals surface area contributed by atoms with Crippen molar-refractivity contribution in [2.24, 2.45) is 5.92 Å². The maximum atomic E-state index is 12.4. The van der Waals surface area contributed by atoms with E-state index in [0.717, 1.165) is 12.8 Å². The Bertz CT molecular complexity index is 199. The molecule has 4 heteroatoms. The predicted molar refractivity (Wildman–Crippen MR) is 79.3 cm³/mol. The van der Waals surface area contributed by atoms with Gasteiger partial charge >= 0.3 is 0 Å². The molecule has 0 saturated heterocycles. The second-order valence-electron chi connectivity index (χ2n) is 5.08. The van der Waals surface area contributed by atoms with Crippen molar-refractivity contribution in [1.82, 2.24) is 0 Å². The van der Waals surface area contributed by atoms with Crippen LogP contribution in [0.2, 0.25) is 0 Å². The van der Waals surface area contributed by atoms with Gasteiger partial charge in [-0.2, -0.15) is 0 Å². The number of halogens is 2. The van der Waals surface area contributed by atoms with Crippen molar-refractivity contribution >= 4 is 11.6 Å². The fourth-order valence-electron chi connectivity index (χ4n) is 2.40. The summed E-state index contributed by atoms with van der Waals surface area (Å²) in [6.45, 7) is 1.90. The van der Waals surface area contributed by atoms with E-state index in [9.17, 15) is 4.39 Å². The lowest BCUT2D eigenvalue weighted by atomic mass is 9.94. The van der Waals surface area contributed by atoms with E-state index in [4.69, 9.17) is 21.1 Å². The number of hydrogen-bond acceptors (Lipinski definition) is 2. The van der Waals surface area contributed by atoms with Gasteiger partial charge in [0.2, 0.25) is 0 Å². The van der Waals surface area contributed by atoms with E-state index in [0.29, 0.717) is 12.8 Å². The third-order valence-corrected chi connectivity index (χ3v) is 4.25. The zero-order valence-electron chi connectivity index (χ0n) is 12.7. The molecule has 2 nitrogen and oxygen atoms in total. The van der Waals surface area contributed by atoms with Crippen molar-refractivity contribution in [3.8, 4) is 0 Å². The summed E-state index contributed by atoms with van der Waals surface area (Å²) in [5, 5.41) is -1.10. The summed E-state index contributed by atoms with van der Waals surface area (Å²) in [4.78, 5) is 0. The zero-order chi connectivity index (χ0) is 14.6. The van der Waals surface area contributed by atoms with Gasteiger partial charge in [0, 0.05) is 20.1 Å². The highest BCUT2D eigenvalue weighted by atomic mass is 35.5. The maximum absolute atomic E-state index is 12.4. The molecule has 0 aliphatic carbocycles. The summed E-state index contributed by atoms with van der Waals surface area (Å²) in [6.07, 6.45) is 9.58. The van der Waals surface area contributed by atoms with E-state index in [1.54, 1.807) is 14.2 Å². The molecule has 0 saturated carbocycles. The number of ether oxygens (including phenoxy) is 2. The molecule has 116 valence electrons. The summed E-state index contributed by atoms with van der Waals surface area (Å²) in [5.41, 5.74) is 0. The molecule has 1 atom stereocenters. The first-order valence-corrected chi connectivity index (χ1v) is 7.87. The highest BCUT2D eigenvalue weighted by molar-refractivity contribution is 6.22. The third-order valence-electron chi connectivity index (χ3n) is 3.64. The van der Waals surface area contributed by atoms with Crippen molar-refractivity contribution in [2.75, 3.05) is 20.9 Å². The van der Waals surface area contributed by atoms with Gasteiger partial charge in [-0.1, -0.05) is 57.0 Å². The van der Waals surface area contributed by atoms with Gasteiger partial charge in [-0.05, 0) is 19.3 Å². The molecule has 0 radical (unpaired) electrons. The molecule has 0 N–H and O–H groups in total.